The number of amides is 3. The van der Waals surface area contributed by atoms with Crippen molar-refractivity contribution in [3.05, 3.63) is 30.0 Å². The van der Waals surface area contributed by atoms with Crippen LogP contribution >= 0.6 is 0 Å². The number of nitrogens with one attached hydrogen (secondary N) is 1. The molecule has 160 valence electrons. The first-order valence-electron chi connectivity index (χ1n) is 9.88. The highest BCUT2D eigenvalue weighted by Crippen LogP contribution is 2.48. The van der Waals surface area contributed by atoms with Crippen molar-refractivity contribution in [2.24, 2.45) is 11.7 Å². The number of para-hydroxylation sites is 1. The fourth-order valence-corrected chi connectivity index (χ4v) is 4.21. The normalized spacial score (nSPS) is 22.8. The SMILES string of the molecule is CC(F)(F)CCNC(=O)[C@@H]1C[C@H]2C[C@H]2N1C(=O)Cn1nc(C(N)=O)c2ccccc21. The third-order valence-electron chi connectivity index (χ3n) is 5.73. The van der Waals surface area contributed by atoms with Gasteiger partial charge in [-0.2, -0.15) is 5.10 Å². The Labute approximate surface area is 171 Å². The molecule has 3 amide bonds. The molecule has 10 heteroatoms. The molecule has 2 aliphatic rings. The van der Waals surface area contributed by atoms with Gasteiger partial charge in [-0.1, -0.05) is 18.2 Å². The molecule has 2 fully saturated rings. The van der Waals surface area contributed by atoms with E-state index >= 15 is 0 Å². The van der Waals surface area contributed by atoms with E-state index in [-0.39, 0.29) is 36.7 Å². The van der Waals surface area contributed by atoms with Gasteiger partial charge in [0.15, 0.2) is 5.69 Å². The number of nitrogens with two attached hydrogens (primary N) is 1. The van der Waals surface area contributed by atoms with Crippen LogP contribution in [0.4, 0.5) is 8.78 Å². The molecule has 2 heterocycles. The van der Waals surface area contributed by atoms with Crippen LogP contribution in [0.5, 0.6) is 0 Å². The van der Waals surface area contributed by atoms with Crippen LogP contribution in [0.1, 0.15) is 36.7 Å². The molecule has 1 aliphatic heterocycles. The van der Waals surface area contributed by atoms with Gasteiger partial charge < -0.3 is 16.0 Å². The van der Waals surface area contributed by atoms with Crippen molar-refractivity contribution in [2.75, 3.05) is 6.54 Å². The van der Waals surface area contributed by atoms with Crippen LogP contribution in [0, 0.1) is 5.92 Å². The van der Waals surface area contributed by atoms with Gasteiger partial charge in [-0.05, 0) is 31.7 Å². The van der Waals surface area contributed by atoms with Gasteiger partial charge in [0.2, 0.25) is 17.7 Å². The molecule has 1 aliphatic carbocycles. The number of rotatable bonds is 7. The molecule has 0 bridgehead atoms. The molecule has 4 rings (SSSR count). The highest BCUT2D eigenvalue weighted by Gasteiger charge is 2.56. The number of nitrogens with zero attached hydrogens (tertiary/aromatic N) is 3. The second-order valence-electron chi connectivity index (χ2n) is 8.11. The molecular formula is C20H23F2N5O3. The van der Waals surface area contributed by atoms with Crippen LogP contribution in [0.2, 0.25) is 0 Å². The summed E-state index contributed by atoms with van der Waals surface area (Å²) in [5.74, 6) is -4.01. The lowest BCUT2D eigenvalue weighted by Gasteiger charge is -2.27. The molecule has 2 aromatic rings. The predicted octanol–water partition coefficient (Wildman–Crippen LogP) is 1.29. The van der Waals surface area contributed by atoms with Crippen molar-refractivity contribution < 1.29 is 23.2 Å². The monoisotopic (exact) mass is 419 g/mol. The van der Waals surface area contributed by atoms with E-state index in [4.69, 9.17) is 5.73 Å². The third-order valence-corrected chi connectivity index (χ3v) is 5.73. The Hall–Kier alpha value is -3.04. The molecule has 0 radical (unpaired) electrons. The summed E-state index contributed by atoms with van der Waals surface area (Å²) < 4.78 is 27.4. The van der Waals surface area contributed by atoms with Gasteiger partial charge in [-0.15, -0.1) is 0 Å². The third kappa shape index (κ3) is 3.86. The summed E-state index contributed by atoms with van der Waals surface area (Å²) in [5, 5.41) is 7.27. The summed E-state index contributed by atoms with van der Waals surface area (Å²) in [7, 11) is 0. The maximum absolute atomic E-state index is 13.1. The number of fused-ring (bicyclic) bond motifs is 2. The second-order valence-corrected chi connectivity index (χ2v) is 8.11. The Morgan fingerprint density at radius 1 is 1.27 bits per heavy atom. The first-order valence-corrected chi connectivity index (χ1v) is 9.88. The van der Waals surface area contributed by atoms with Gasteiger partial charge >= 0.3 is 0 Å². The maximum Gasteiger partial charge on any atom is 0.269 e. The zero-order valence-electron chi connectivity index (χ0n) is 16.5. The molecule has 0 spiro atoms. The smallest absolute Gasteiger partial charge is 0.269 e. The van der Waals surface area contributed by atoms with Crippen LogP contribution in [-0.4, -0.2) is 57.0 Å². The average Bonchev–Trinajstić information content (AvgIpc) is 3.17. The quantitative estimate of drug-likeness (QED) is 0.704. The summed E-state index contributed by atoms with van der Waals surface area (Å²) in [5.41, 5.74) is 6.07. The van der Waals surface area contributed by atoms with Crippen molar-refractivity contribution in [1.82, 2.24) is 20.0 Å². The Bertz CT molecular complexity index is 1020. The number of piperidine rings is 1. The lowest BCUT2D eigenvalue weighted by molar-refractivity contribution is -0.140. The first-order chi connectivity index (χ1) is 14.2. The average molecular weight is 419 g/mol. The maximum atomic E-state index is 13.1. The molecule has 1 saturated carbocycles. The Morgan fingerprint density at radius 3 is 2.70 bits per heavy atom. The van der Waals surface area contributed by atoms with E-state index in [9.17, 15) is 23.2 Å². The highest BCUT2D eigenvalue weighted by molar-refractivity contribution is 6.04. The van der Waals surface area contributed by atoms with E-state index in [1.165, 1.54) is 4.68 Å². The molecule has 3 atom stereocenters. The van der Waals surface area contributed by atoms with Gasteiger partial charge in [-0.3, -0.25) is 19.1 Å². The Kier molecular flexibility index (Phi) is 4.95. The van der Waals surface area contributed by atoms with Gasteiger partial charge in [-0.25, -0.2) is 8.78 Å². The topological polar surface area (TPSA) is 110 Å². The van der Waals surface area contributed by atoms with Gasteiger partial charge in [0, 0.05) is 24.4 Å². The van der Waals surface area contributed by atoms with Crippen LogP contribution < -0.4 is 11.1 Å². The zero-order valence-corrected chi connectivity index (χ0v) is 16.5. The van der Waals surface area contributed by atoms with Gasteiger partial charge in [0.1, 0.15) is 12.6 Å². The van der Waals surface area contributed by atoms with Crippen molar-refractivity contribution in [1.29, 1.82) is 0 Å². The molecule has 0 unspecified atom stereocenters. The van der Waals surface area contributed by atoms with Crippen molar-refractivity contribution in [2.45, 2.75) is 50.7 Å². The number of benzene rings is 1. The van der Waals surface area contributed by atoms with Gasteiger partial charge in [0.05, 0.1) is 5.52 Å². The number of carbonyl (C=O) groups is 3. The molecule has 30 heavy (non-hydrogen) atoms. The van der Waals surface area contributed by atoms with E-state index in [1.807, 2.05) is 0 Å². The minimum Gasteiger partial charge on any atom is -0.364 e. The first kappa shape index (κ1) is 20.2. The largest absolute Gasteiger partial charge is 0.364 e. The summed E-state index contributed by atoms with van der Waals surface area (Å²) in [6.45, 7) is 0.504. The molecule has 8 nitrogen and oxygen atoms in total. The fraction of sp³-hybridized carbons (Fsp3) is 0.500. The van der Waals surface area contributed by atoms with Crippen LogP contribution in [0.25, 0.3) is 10.9 Å². The lowest BCUT2D eigenvalue weighted by Crippen LogP contribution is -2.49. The van der Waals surface area contributed by atoms with Crippen molar-refractivity contribution >= 4 is 28.6 Å². The van der Waals surface area contributed by atoms with Crippen molar-refractivity contribution in [3.63, 3.8) is 0 Å². The number of carbonyl (C=O) groups excluding carboxylic acids is 3. The number of alkyl halides is 2. The number of halogens is 2. The molecule has 1 aromatic carbocycles. The summed E-state index contributed by atoms with van der Waals surface area (Å²) >= 11 is 0. The lowest BCUT2D eigenvalue weighted by atomic mass is 10.1. The Morgan fingerprint density at radius 2 is 2.00 bits per heavy atom. The minimum atomic E-state index is -2.86. The summed E-state index contributed by atoms with van der Waals surface area (Å²) in [6.07, 6.45) is 0.896. The molecule has 3 N–H and O–H groups in total. The number of aromatic nitrogens is 2. The predicted molar refractivity (Wildman–Crippen MR) is 104 cm³/mol. The summed E-state index contributed by atoms with van der Waals surface area (Å²) in [4.78, 5) is 38.8. The molecular weight excluding hydrogens is 396 g/mol. The Balaban J connectivity index is 1.49. The van der Waals surface area contributed by atoms with Gasteiger partial charge in [0.25, 0.3) is 5.91 Å². The van der Waals surface area contributed by atoms with E-state index in [0.717, 1.165) is 13.3 Å². The van der Waals surface area contributed by atoms with E-state index < -0.39 is 30.2 Å². The number of likely N-dealkylation sites (tertiary alicyclic amines) is 1. The van der Waals surface area contributed by atoms with Crippen molar-refractivity contribution in [3.8, 4) is 0 Å². The number of hydrogen-bond acceptors (Lipinski definition) is 4. The van der Waals surface area contributed by atoms with Crippen LogP contribution in [-0.2, 0) is 16.1 Å². The highest BCUT2D eigenvalue weighted by atomic mass is 19.3. The van der Waals surface area contributed by atoms with E-state index in [2.05, 4.69) is 10.4 Å². The second kappa shape index (κ2) is 7.33. The number of primary amides is 1. The number of hydrogen-bond donors (Lipinski definition) is 2. The van der Waals surface area contributed by atoms with E-state index in [0.29, 0.717) is 17.3 Å². The molecule has 1 saturated heterocycles. The standard InChI is InChI=1S/C20H23F2N5O3/c1-20(21,22)6-7-24-19(30)15-9-11-8-14(11)27(15)16(28)10-26-13-5-3-2-4-12(13)17(25-26)18(23)29/h2-5,11,14-15H,6-10H2,1H3,(H2,23,29)(H,24,30)/t11-,14-,15+/m1/s1. The fourth-order valence-electron chi connectivity index (χ4n) is 4.21. The van der Waals surface area contributed by atoms with Crippen LogP contribution in [0.3, 0.4) is 0 Å². The minimum absolute atomic E-state index is 0.0155. The van der Waals surface area contributed by atoms with Crippen LogP contribution in [0.15, 0.2) is 24.3 Å². The summed E-state index contributed by atoms with van der Waals surface area (Å²) in [6, 6.07) is 6.26. The van der Waals surface area contributed by atoms with E-state index in [1.54, 1.807) is 29.2 Å². The molecule has 1 aromatic heterocycles. The zero-order chi connectivity index (χ0) is 21.6.